The molecule has 2 atom stereocenters. The van der Waals surface area contributed by atoms with Crippen LogP contribution in [0.25, 0.3) is 0 Å². The van der Waals surface area contributed by atoms with Crippen LogP contribution in [0.15, 0.2) is 36.4 Å². The molecule has 206 valence electrons. The standard InChI is InChI=1S/C32H41N5O2/c1-22(2)30(38)36-14-11-32(12-15-36,27-8-6-5-7-9-27)10-13-35-18-25-20-37(21-26(25)19-35)31(39)29-23(3)16-28(17-33)34-24(29)4/h5-9,16,22,25-26H,10-15,18-21H2,1-4H3. The Balaban J connectivity index is 1.20. The molecule has 2 aromatic rings. The summed E-state index contributed by atoms with van der Waals surface area (Å²) in [5.41, 5.74) is 3.99. The normalized spacial score (nSPS) is 22.7. The Hall–Kier alpha value is -3.24. The van der Waals surface area contributed by atoms with Crippen LogP contribution in [0.3, 0.4) is 0 Å². The van der Waals surface area contributed by atoms with Gasteiger partial charge in [-0.05, 0) is 74.1 Å². The summed E-state index contributed by atoms with van der Waals surface area (Å²) in [6, 6.07) is 14.7. The second-order valence-corrected chi connectivity index (χ2v) is 12.3. The minimum Gasteiger partial charge on any atom is -0.342 e. The number of hydrogen-bond acceptors (Lipinski definition) is 5. The maximum Gasteiger partial charge on any atom is 0.255 e. The summed E-state index contributed by atoms with van der Waals surface area (Å²) in [5, 5.41) is 9.19. The van der Waals surface area contributed by atoms with Crippen molar-refractivity contribution in [1.82, 2.24) is 19.7 Å². The molecule has 3 saturated heterocycles. The van der Waals surface area contributed by atoms with Crippen molar-refractivity contribution in [2.45, 2.75) is 52.4 Å². The molecule has 3 aliphatic rings. The number of carbonyl (C=O) groups is 2. The van der Waals surface area contributed by atoms with Crippen LogP contribution >= 0.6 is 0 Å². The van der Waals surface area contributed by atoms with Gasteiger partial charge in [0.2, 0.25) is 5.91 Å². The summed E-state index contributed by atoms with van der Waals surface area (Å²) in [6.07, 6.45) is 3.11. The van der Waals surface area contributed by atoms with E-state index in [1.807, 2.05) is 32.6 Å². The van der Waals surface area contributed by atoms with Gasteiger partial charge < -0.3 is 14.7 Å². The predicted octanol–water partition coefficient (Wildman–Crippen LogP) is 4.18. The van der Waals surface area contributed by atoms with Crippen LogP contribution in [-0.4, -0.2) is 77.3 Å². The topological polar surface area (TPSA) is 80.5 Å². The zero-order chi connectivity index (χ0) is 27.7. The minimum atomic E-state index is 0.0469. The number of rotatable bonds is 6. The molecule has 1 aromatic carbocycles. The molecular weight excluding hydrogens is 486 g/mol. The monoisotopic (exact) mass is 527 g/mol. The predicted molar refractivity (Wildman–Crippen MR) is 151 cm³/mol. The van der Waals surface area contributed by atoms with Gasteiger partial charge in [0.05, 0.1) is 11.3 Å². The summed E-state index contributed by atoms with van der Waals surface area (Å²) in [6.45, 7) is 14.0. The van der Waals surface area contributed by atoms with E-state index in [2.05, 4.69) is 51.2 Å². The van der Waals surface area contributed by atoms with Crippen LogP contribution in [0.2, 0.25) is 0 Å². The molecule has 0 N–H and O–H groups in total. The fourth-order valence-electron chi connectivity index (χ4n) is 7.18. The lowest BCUT2D eigenvalue weighted by Gasteiger charge is -2.43. The number of fused-ring (bicyclic) bond motifs is 1. The molecule has 0 aliphatic carbocycles. The van der Waals surface area contributed by atoms with Crippen molar-refractivity contribution < 1.29 is 9.59 Å². The maximum absolute atomic E-state index is 13.4. The molecule has 2 unspecified atom stereocenters. The van der Waals surface area contributed by atoms with Crippen molar-refractivity contribution in [3.63, 3.8) is 0 Å². The lowest BCUT2D eigenvalue weighted by molar-refractivity contribution is -0.136. The van der Waals surface area contributed by atoms with E-state index in [1.54, 1.807) is 6.07 Å². The minimum absolute atomic E-state index is 0.0469. The molecule has 5 rings (SSSR count). The van der Waals surface area contributed by atoms with Crippen molar-refractivity contribution >= 4 is 11.8 Å². The Morgan fingerprint density at radius 3 is 2.23 bits per heavy atom. The molecule has 0 radical (unpaired) electrons. The number of carbonyl (C=O) groups excluding carboxylic acids is 2. The lowest BCUT2D eigenvalue weighted by Crippen LogP contribution is -2.47. The Morgan fingerprint density at radius 1 is 1.03 bits per heavy atom. The number of benzene rings is 1. The fourth-order valence-corrected chi connectivity index (χ4v) is 7.18. The summed E-state index contributed by atoms with van der Waals surface area (Å²) in [4.78, 5) is 37.0. The van der Waals surface area contributed by atoms with Crippen LogP contribution in [0.4, 0.5) is 0 Å². The van der Waals surface area contributed by atoms with E-state index in [9.17, 15) is 14.9 Å². The lowest BCUT2D eigenvalue weighted by atomic mass is 9.70. The highest BCUT2D eigenvalue weighted by molar-refractivity contribution is 5.97. The molecule has 0 saturated carbocycles. The van der Waals surface area contributed by atoms with Gasteiger partial charge in [-0.1, -0.05) is 44.2 Å². The van der Waals surface area contributed by atoms with E-state index in [0.717, 1.165) is 70.6 Å². The highest BCUT2D eigenvalue weighted by Crippen LogP contribution is 2.40. The van der Waals surface area contributed by atoms with E-state index in [4.69, 9.17) is 0 Å². The Kier molecular flexibility index (Phi) is 7.77. The number of likely N-dealkylation sites (tertiary alicyclic amines) is 3. The molecule has 3 aliphatic heterocycles. The van der Waals surface area contributed by atoms with Crippen molar-refractivity contribution in [1.29, 1.82) is 5.26 Å². The molecule has 0 spiro atoms. The Labute approximate surface area is 232 Å². The number of amides is 2. The van der Waals surface area contributed by atoms with E-state index < -0.39 is 0 Å². The molecule has 39 heavy (non-hydrogen) atoms. The molecule has 4 heterocycles. The second kappa shape index (κ2) is 11.1. The van der Waals surface area contributed by atoms with E-state index in [0.29, 0.717) is 28.8 Å². The zero-order valence-electron chi connectivity index (χ0n) is 23.8. The van der Waals surface area contributed by atoms with E-state index in [-0.39, 0.29) is 23.1 Å². The average molecular weight is 528 g/mol. The highest BCUT2D eigenvalue weighted by atomic mass is 16.2. The van der Waals surface area contributed by atoms with Gasteiger partial charge >= 0.3 is 0 Å². The number of piperidine rings is 1. The van der Waals surface area contributed by atoms with Crippen LogP contribution in [0.5, 0.6) is 0 Å². The summed E-state index contributed by atoms with van der Waals surface area (Å²) in [5.74, 6) is 1.36. The third-order valence-corrected chi connectivity index (χ3v) is 9.39. The number of nitrogens with zero attached hydrogens (tertiary/aromatic N) is 5. The van der Waals surface area contributed by atoms with Gasteiger partial charge in [-0.25, -0.2) is 4.98 Å². The summed E-state index contributed by atoms with van der Waals surface area (Å²) in [7, 11) is 0. The van der Waals surface area contributed by atoms with Crippen LogP contribution in [0.1, 0.15) is 66.0 Å². The molecule has 7 heteroatoms. The molecular formula is C32H41N5O2. The van der Waals surface area contributed by atoms with Crippen molar-refractivity contribution in [3.05, 3.63) is 64.5 Å². The Bertz CT molecular complexity index is 1220. The van der Waals surface area contributed by atoms with Crippen LogP contribution < -0.4 is 0 Å². The number of hydrogen-bond donors (Lipinski definition) is 0. The first-order valence-electron chi connectivity index (χ1n) is 14.4. The van der Waals surface area contributed by atoms with Gasteiger partial charge in [0.25, 0.3) is 5.91 Å². The first kappa shape index (κ1) is 27.3. The molecule has 7 nitrogen and oxygen atoms in total. The van der Waals surface area contributed by atoms with E-state index in [1.165, 1.54) is 5.56 Å². The molecule has 0 bridgehead atoms. The molecule has 1 aromatic heterocycles. The highest BCUT2D eigenvalue weighted by Gasteiger charge is 2.43. The van der Waals surface area contributed by atoms with Gasteiger partial charge in [-0.15, -0.1) is 0 Å². The second-order valence-electron chi connectivity index (χ2n) is 12.3. The number of pyridine rings is 1. The smallest absolute Gasteiger partial charge is 0.255 e. The summed E-state index contributed by atoms with van der Waals surface area (Å²) < 4.78 is 0. The SMILES string of the molecule is Cc1cc(C#N)nc(C)c1C(=O)N1CC2CN(CCC3(c4ccccc4)CCN(C(=O)C(C)C)CC3)CC2C1. The van der Waals surface area contributed by atoms with Crippen molar-refractivity contribution in [3.8, 4) is 6.07 Å². The van der Waals surface area contributed by atoms with Crippen LogP contribution in [0, 0.1) is 42.9 Å². The van der Waals surface area contributed by atoms with Gasteiger partial charge in [-0.2, -0.15) is 5.26 Å². The molecule has 3 fully saturated rings. The largest absolute Gasteiger partial charge is 0.342 e. The average Bonchev–Trinajstić information content (AvgIpc) is 3.51. The number of aromatic nitrogens is 1. The van der Waals surface area contributed by atoms with Crippen LogP contribution in [-0.2, 0) is 10.2 Å². The van der Waals surface area contributed by atoms with Gasteiger partial charge in [0, 0.05) is 45.2 Å². The Morgan fingerprint density at radius 2 is 1.67 bits per heavy atom. The quantitative estimate of drug-likeness (QED) is 0.563. The third kappa shape index (κ3) is 5.45. The first-order chi connectivity index (χ1) is 18.7. The molecule has 2 amide bonds. The zero-order valence-corrected chi connectivity index (χ0v) is 23.8. The van der Waals surface area contributed by atoms with Gasteiger partial charge in [-0.3, -0.25) is 9.59 Å². The fraction of sp³-hybridized carbons (Fsp3) is 0.562. The third-order valence-electron chi connectivity index (χ3n) is 9.39. The van der Waals surface area contributed by atoms with Gasteiger partial charge in [0.15, 0.2) is 0 Å². The van der Waals surface area contributed by atoms with E-state index >= 15 is 0 Å². The maximum atomic E-state index is 13.4. The first-order valence-corrected chi connectivity index (χ1v) is 14.4. The number of aryl methyl sites for hydroxylation is 2. The van der Waals surface area contributed by atoms with Crippen molar-refractivity contribution in [2.75, 3.05) is 45.8 Å². The number of nitriles is 1. The van der Waals surface area contributed by atoms with Gasteiger partial charge in [0.1, 0.15) is 11.8 Å². The summed E-state index contributed by atoms with van der Waals surface area (Å²) >= 11 is 0. The van der Waals surface area contributed by atoms with Crippen molar-refractivity contribution in [2.24, 2.45) is 17.8 Å².